The Morgan fingerprint density at radius 2 is 0.923 bits per heavy atom. The maximum Gasteiger partial charge on any atom is 0.180 e. The Morgan fingerprint density at radius 3 is 1.21 bits per heavy atom. The summed E-state index contributed by atoms with van der Waals surface area (Å²) in [6.45, 7) is 20.0. The van der Waals surface area contributed by atoms with Gasteiger partial charge in [-0.1, -0.05) is 77.9 Å². The molecule has 5 rings (SSSR count). The summed E-state index contributed by atoms with van der Waals surface area (Å²) < 4.78 is 0. The highest BCUT2D eigenvalue weighted by Gasteiger charge is 2.38. The Bertz CT molecular complexity index is 1370. The van der Waals surface area contributed by atoms with E-state index in [2.05, 4.69) is 41.5 Å². The van der Waals surface area contributed by atoms with Gasteiger partial charge in [0, 0.05) is 11.1 Å². The molecule has 2 aliphatic rings. The average Bonchev–Trinajstić information content (AvgIpc) is 2.91. The monoisotopic (exact) mass is 544 g/mol. The van der Waals surface area contributed by atoms with Crippen molar-refractivity contribution in [3.8, 4) is 11.5 Å². The average molecular weight is 545 g/mol. The molecule has 0 aromatic heterocycles. The molecule has 0 saturated carbocycles. The topological polar surface area (TPSA) is 74.6 Å². The van der Waals surface area contributed by atoms with Gasteiger partial charge in [0.15, 0.2) is 11.6 Å². The van der Waals surface area contributed by atoms with Crippen LogP contribution in [0.2, 0.25) is 0 Å². The van der Waals surface area contributed by atoms with Gasteiger partial charge in [0.1, 0.15) is 11.5 Å². The van der Waals surface area contributed by atoms with Gasteiger partial charge in [-0.05, 0) is 83.0 Å². The van der Waals surface area contributed by atoms with Crippen LogP contribution in [0.25, 0.3) is 0 Å². The van der Waals surface area contributed by atoms with Crippen LogP contribution in [0.15, 0.2) is 36.4 Å². The van der Waals surface area contributed by atoms with Crippen molar-refractivity contribution in [3.63, 3.8) is 0 Å². The van der Waals surface area contributed by atoms with E-state index in [4.69, 9.17) is 0 Å². The fourth-order valence-corrected chi connectivity index (χ4v) is 7.47. The van der Waals surface area contributed by atoms with Crippen molar-refractivity contribution in [1.29, 1.82) is 0 Å². The zero-order chi connectivity index (χ0) is 29.2. The molecule has 2 unspecified atom stereocenters. The summed E-state index contributed by atoms with van der Waals surface area (Å²) in [7, 11) is 0. The van der Waals surface area contributed by atoms with Gasteiger partial charge in [0.25, 0.3) is 0 Å². The molecule has 2 N–H and O–H groups in total. The predicted molar refractivity (Wildman–Crippen MR) is 161 cm³/mol. The number of fused-ring (bicyclic) bond motifs is 6. The van der Waals surface area contributed by atoms with Crippen LogP contribution in [0.3, 0.4) is 0 Å². The van der Waals surface area contributed by atoms with Crippen molar-refractivity contribution in [3.05, 3.63) is 92.0 Å². The lowest BCUT2D eigenvalue weighted by Crippen LogP contribution is -2.20. The second-order valence-corrected chi connectivity index (χ2v) is 14.2. The smallest absolute Gasteiger partial charge is 0.180 e. The van der Waals surface area contributed by atoms with E-state index < -0.39 is 10.5 Å². The van der Waals surface area contributed by atoms with Crippen LogP contribution in [-0.4, -0.2) is 21.8 Å². The number of aryl methyl sites for hydroxylation is 2. The highest BCUT2D eigenvalue weighted by Crippen LogP contribution is 2.51. The largest absolute Gasteiger partial charge is 0.507 e. The molecule has 0 aliphatic carbocycles. The standard InChI is InChI=1S/C34H40O4S/c1-17-15-23(33(5,6)7)27(35)19(3)25(17)31-29(37)21-11-13-22(14-12-21)30(38)32(39-31)26-18(2)16-24(34(8,9)10)28(36)20(26)4/h11-16,31-32,35-36H,1-10H3. The van der Waals surface area contributed by atoms with Gasteiger partial charge in [-0.15, -0.1) is 11.8 Å². The van der Waals surface area contributed by atoms with Crippen molar-refractivity contribution in [2.24, 2.45) is 0 Å². The quantitative estimate of drug-likeness (QED) is 0.338. The maximum atomic E-state index is 14.1. The van der Waals surface area contributed by atoms with Crippen LogP contribution in [0.4, 0.5) is 0 Å². The minimum Gasteiger partial charge on any atom is -0.507 e. The van der Waals surface area contributed by atoms with Crippen LogP contribution >= 0.6 is 11.8 Å². The molecule has 0 fully saturated rings. The zero-order valence-corrected chi connectivity index (χ0v) is 25.6. The normalized spacial score (nSPS) is 18.2. The van der Waals surface area contributed by atoms with Crippen molar-refractivity contribution in [2.45, 2.75) is 90.6 Å². The van der Waals surface area contributed by atoms with Crippen LogP contribution in [0.5, 0.6) is 11.5 Å². The molecule has 2 bridgehead atoms. The first-order chi connectivity index (χ1) is 17.9. The molecule has 2 aliphatic heterocycles. The summed E-state index contributed by atoms with van der Waals surface area (Å²) in [6, 6.07) is 10.8. The number of phenolic OH excluding ortho intramolecular Hbond substituents is 2. The first kappa shape index (κ1) is 28.9. The third kappa shape index (κ3) is 5.02. The Hall–Kier alpha value is -3.05. The number of ketones is 2. The Balaban J connectivity index is 1.99. The summed E-state index contributed by atoms with van der Waals surface area (Å²) in [5.74, 6) is 0.166. The van der Waals surface area contributed by atoms with Crippen LogP contribution in [-0.2, 0) is 10.8 Å². The van der Waals surface area contributed by atoms with Gasteiger partial charge in [0.2, 0.25) is 0 Å². The van der Waals surface area contributed by atoms with Crippen molar-refractivity contribution in [2.75, 3.05) is 0 Å². The maximum absolute atomic E-state index is 14.1. The molecule has 0 amide bonds. The lowest BCUT2D eigenvalue weighted by molar-refractivity contribution is 0.0987. The lowest BCUT2D eigenvalue weighted by atomic mass is 9.81. The SMILES string of the molecule is Cc1cc(C(C)(C)C)c(O)c(C)c1C1SC(c2c(C)cc(C(C)(C)C)c(O)c2C)C(=O)c2ccc(cc2)C1=O. The van der Waals surface area contributed by atoms with E-state index in [0.717, 1.165) is 33.4 Å². The van der Waals surface area contributed by atoms with Gasteiger partial charge in [0.05, 0.1) is 10.5 Å². The van der Waals surface area contributed by atoms with Gasteiger partial charge in [-0.25, -0.2) is 0 Å². The van der Waals surface area contributed by atoms with E-state index in [-0.39, 0.29) is 33.9 Å². The third-order valence-electron chi connectivity index (χ3n) is 7.94. The highest BCUT2D eigenvalue weighted by molar-refractivity contribution is 8.01. The fraction of sp³-hybridized carbons (Fsp3) is 0.412. The molecule has 2 atom stereocenters. The number of carbonyl (C=O) groups is 2. The molecule has 0 radical (unpaired) electrons. The van der Waals surface area contributed by atoms with E-state index in [0.29, 0.717) is 22.3 Å². The van der Waals surface area contributed by atoms with Crippen molar-refractivity contribution in [1.82, 2.24) is 0 Å². The molecule has 206 valence electrons. The van der Waals surface area contributed by atoms with Crippen LogP contribution < -0.4 is 0 Å². The predicted octanol–water partition coefficient (Wildman–Crippen LogP) is 8.52. The van der Waals surface area contributed by atoms with Gasteiger partial charge < -0.3 is 10.2 Å². The number of Topliss-reactive ketones (excluding diaryl/α,β-unsaturated/α-hetero) is 2. The number of carbonyl (C=O) groups excluding carboxylic acids is 2. The first-order valence-corrected chi connectivity index (χ1v) is 14.4. The van der Waals surface area contributed by atoms with Crippen molar-refractivity contribution < 1.29 is 19.8 Å². The minimum absolute atomic E-state index is 0.105. The molecule has 0 spiro atoms. The number of aromatic hydroxyl groups is 2. The van der Waals surface area contributed by atoms with E-state index in [1.165, 1.54) is 11.8 Å². The Kier molecular flexibility index (Phi) is 7.31. The summed E-state index contributed by atoms with van der Waals surface area (Å²) >= 11 is 1.31. The number of benzene rings is 3. The molecular weight excluding hydrogens is 504 g/mol. The van der Waals surface area contributed by atoms with E-state index >= 15 is 0 Å². The van der Waals surface area contributed by atoms with Crippen LogP contribution in [0.1, 0.15) is 117 Å². The molecule has 5 heteroatoms. The number of phenols is 2. The molecule has 39 heavy (non-hydrogen) atoms. The summed E-state index contributed by atoms with van der Waals surface area (Å²) in [6.07, 6.45) is 0. The summed E-state index contributed by atoms with van der Waals surface area (Å²) in [5, 5.41) is 21.1. The molecule has 2 heterocycles. The fourth-order valence-electron chi connectivity index (χ4n) is 5.69. The Labute approximate surface area is 236 Å². The molecule has 3 aromatic rings. The third-order valence-corrected chi connectivity index (χ3v) is 9.39. The van der Waals surface area contributed by atoms with E-state index in [1.807, 2.05) is 39.8 Å². The second kappa shape index (κ2) is 9.85. The molecular formula is C34H40O4S. The van der Waals surface area contributed by atoms with E-state index in [9.17, 15) is 19.8 Å². The molecule has 3 aromatic carbocycles. The van der Waals surface area contributed by atoms with Gasteiger partial charge >= 0.3 is 0 Å². The minimum atomic E-state index is -0.719. The van der Waals surface area contributed by atoms with Gasteiger partial charge in [-0.2, -0.15) is 0 Å². The second-order valence-electron chi connectivity index (χ2n) is 13.0. The zero-order valence-electron chi connectivity index (χ0n) is 24.7. The number of rotatable bonds is 2. The van der Waals surface area contributed by atoms with Crippen LogP contribution in [0, 0.1) is 27.7 Å². The first-order valence-electron chi connectivity index (χ1n) is 13.5. The Morgan fingerprint density at radius 1 is 0.615 bits per heavy atom. The molecule has 4 nitrogen and oxygen atoms in total. The highest BCUT2D eigenvalue weighted by atomic mass is 32.2. The number of thioether (sulfide) groups is 1. The van der Waals surface area contributed by atoms with E-state index in [1.54, 1.807) is 24.3 Å². The van der Waals surface area contributed by atoms with Gasteiger partial charge in [-0.3, -0.25) is 9.59 Å². The number of hydrogen-bond acceptors (Lipinski definition) is 5. The number of hydrogen-bond donors (Lipinski definition) is 2. The van der Waals surface area contributed by atoms with Crippen molar-refractivity contribution >= 4 is 23.3 Å². The summed E-state index contributed by atoms with van der Waals surface area (Å²) in [5.41, 5.74) is 6.77. The molecule has 0 saturated heterocycles. The lowest BCUT2D eigenvalue weighted by Gasteiger charge is -2.30. The summed E-state index contributed by atoms with van der Waals surface area (Å²) in [4.78, 5) is 28.2.